The van der Waals surface area contributed by atoms with Crippen LogP contribution in [-0.2, 0) is 0 Å². The third-order valence-corrected chi connectivity index (χ3v) is 8.20. The lowest BCUT2D eigenvalue weighted by Gasteiger charge is -2.58. The van der Waals surface area contributed by atoms with Gasteiger partial charge < -0.3 is 10.0 Å². The Morgan fingerprint density at radius 3 is 2.43 bits per heavy atom. The molecule has 4 fully saturated rings. The topological polar surface area (TPSA) is 69.8 Å². The van der Waals surface area contributed by atoms with Crippen LogP contribution in [0.5, 0.6) is 0 Å². The van der Waals surface area contributed by atoms with Gasteiger partial charge in [-0.05, 0) is 67.1 Å². The van der Waals surface area contributed by atoms with Gasteiger partial charge in [0.05, 0.1) is 10.5 Å². The summed E-state index contributed by atoms with van der Waals surface area (Å²) in [7, 11) is 0. The Bertz CT molecular complexity index is 798. The molecule has 1 aromatic carbocycles. The molecule has 3 atom stereocenters. The number of para-hydroxylation sites is 1. The van der Waals surface area contributed by atoms with Crippen LogP contribution >= 0.6 is 0 Å². The first kappa shape index (κ1) is 20.2. The number of likely N-dealkylation sites (tertiary alicyclic amines) is 2. The zero-order valence-corrected chi connectivity index (χ0v) is 17.7. The van der Waals surface area contributed by atoms with E-state index in [0.29, 0.717) is 22.8 Å². The van der Waals surface area contributed by atoms with Crippen molar-refractivity contribution in [2.24, 2.45) is 23.2 Å². The molecular weight excluding hydrogens is 378 g/mol. The predicted molar refractivity (Wildman–Crippen MR) is 117 cm³/mol. The van der Waals surface area contributed by atoms with Crippen LogP contribution in [0.1, 0.15) is 44.1 Å². The summed E-state index contributed by atoms with van der Waals surface area (Å²) >= 11 is 0. The van der Waals surface area contributed by atoms with Crippen molar-refractivity contribution in [2.45, 2.75) is 44.8 Å². The highest BCUT2D eigenvalue weighted by Gasteiger charge is 2.54. The van der Waals surface area contributed by atoms with Gasteiger partial charge in [0.2, 0.25) is 0 Å². The largest absolute Gasteiger partial charge is 0.375 e. The van der Waals surface area contributed by atoms with Gasteiger partial charge in [0.25, 0.3) is 5.69 Å². The Morgan fingerprint density at radius 1 is 1.13 bits per heavy atom. The second kappa shape index (κ2) is 8.06. The Kier molecular flexibility index (Phi) is 5.42. The van der Waals surface area contributed by atoms with Gasteiger partial charge in [0.1, 0.15) is 6.23 Å². The summed E-state index contributed by atoms with van der Waals surface area (Å²) < 4.78 is 0. The molecule has 162 valence electrons. The second-order valence-electron chi connectivity index (χ2n) is 10.0. The van der Waals surface area contributed by atoms with Crippen LogP contribution in [0, 0.1) is 33.3 Å². The SMILES string of the molecule is O=[N+]([O-])c1ccccc1/C=C/C(O)N1CC2CN(CC3CC3)CC(C1)C21CCCC1. The fourth-order valence-electron chi connectivity index (χ4n) is 6.50. The van der Waals surface area contributed by atoms with Crippen molar-refractivity contribution in [3.8, 4) is 0 Å². The minimum absolute atomic E-state index is 0.0806. The average molecular weight is 412 g/mol. The van der Waals surface area contributed by atoms with Crippen molar-refractivity contribution in [1.82, 2.24) is 9.80 Å². The highest BCUT2D eigenvalue weighted by atomic mass is 16.6. The first-order valence-electron chi connectivity index (χ1n) is 11.6. The summed E-state index contributed by atoms with van der Waals surface area (Å²) in [5, 5.41) is 22.2. The van der Waals surface area contributed by atoms with Crippen LogP contribution in [0.15, 0.2) is 30.3 Å². The highest BCUT2D eigenvalue weighted by Crippen LogP contribution is 2.55. The molecule has 3 unspecified atom stereocenters. The second-order valence-corrected chi connectivity index (χ2v) is 10.0. The van der Waals surface area contributed by atoms with Crippen LogP contribution in [0.2, 0.25) is 0 Å². The Balaban J connectivity index is 1.30. The number of aliphatic hydroxyl groups is 1. The van der Waals surface area contributed by atoms with E-state index in [1.807, 2.05) is 0 Å². The summed E-state index contributed by atoms with van der Waals surface area (Å²) in [4.78, 5) is 15.8. The highest BCUT2D eigenvalue weighted by molar-refractivity contribution is 5.60. The molecular formula is C24H33N3O3. The van der Waals surface area contributed by atoms with Gasteiger partial charge in [0, 0.05) is 38.8 Å². The van der Waals surface area contributed by atoms with E-state index in [0.717, 1.165) is 19.0 Å². The van der Waals surface area contributed by atoms with Crippen LogP contribution in [0.3, 0.4) is 0 Å². The molecule has 0 radical (unpaired) electrons. The molecule has 0 aromatic heterocycles. The molecule has 2 aliphatic heterocycles. The molecule has 1 aromatic rings. The summed E-state index contributed by atoms with van der Waals surface area (Å²) in [6, 6.07) is 6.71. The van der Waals surface area contributed by atoms with Crippen LogP contribution < -0.4 is 0 Å². The van der Waals surface area contributed by atoms with Crippen molar-refractivity contribution in [1.29, 1.82) is 0 Å². The van der Waals surface area contributed by atoms with E-state index in [-0.39, 0.29) is 10.6 Å². The normalized spacial score (nSPS) is 30.2. The number of benzene rings is 1. The zero-order chi connectivity index (χ0) is 20.7. The fourth-order valence-corrected chi connectivity index (χ4v) is 6.50. The maximum absolute atomic E-state index is 11.2. The van der Waals surface area contributed by atoms with E-state index in [4.69, 9.17) is 0 Å². The molecule has 2 heterocycles. The number of hydrogen-bond acceptors (Lipinski definition) is 5. The average Bonchev–Trinajstić information content (AvgIpc) is 3.41. The van der Waals surface area contributed by atoms with Gasteiger partial charge in [-0.1, -0.05) is 25.0 Å². The quantitative estimate of drug-likeness (QED) is 0.570. The van der Waals surface area contributed by atoms with Gasteiger partial charge >= 0.3 is 0 Å². The molecule has 2 bridgehead atoms. The van der Waals surface area contributed by atoms with Gasteiger partial charge in [-0.25, -0.2) is 0 Å². The standard InChI is InChI=1S/C24H33N3O3/c28-23(10-9-19-5-1-2-6-22(19)27(29)30)26-16-20-14-25(13-18-7-8-18)15-21(17-26)24(20)11-3-4-12-24/h1-2,5-6,9-10,18,20-21,23,28H,3-4,7-8,11-17H2/b10-9+. The molecule has 30 heavy (non-hydrogen) atoms. The molecule has 2 aliphatic carbocycles. The van der Waals surface area contributed by atoms with E-state index < -0.39 is 6.23 Å². The van der Waals surface area contributed by atoms with Gasteiger partial charge in [-0.15, -0.1) is 0 Å². The molecule has 5 rings (SSSR count). The number of aliphatic hydroxyl groups excluding tert-OH is 1. The van der Waals surface area contributed by atoms with E-state index in [2.05, 4.69) is 9.80 Å². The monoisotopic (exact) mass is 411 g/mol. The van der Waals surface area contributed by atoms with Crippen LogP contribution in [0.25, 0.3) is 6.08 Å². The predicted octanol–water partition coefficient (Wildman–Crippen LogP) is 3.76. The molecule has 6 heteroatoms. The molecule has 2 saturated carbocycles. The minimum atomic E-state index is -0.691. The Morgan fingerprint density at radius 2 is 1.80 bits per heavy atom. The lowest BCUT2D eigenvalue weighted by Crippen LogP contribution is -2.63. The Hall–Kier alpha value is -1.76. The fraction of sp³-hybridized carbons (Fsp3) is 0.667. The molecule has 6 nitrogen and oxygen atoms in total. The lowest BCUT2D eigenvalue weighted by atomic mass is 9.60. The Labute approximate surface area is 178 Å². The van der Waals surface area contributed by atoms with Gasteiger partial charge in [-0.3, -0.25) is 15.0 Å². The number of hydrogen-bond donors (Lipinski definition) is 1. The summed E-state index contributed by atoms with van der Waals surface area (Å²) in [5.74, 6) is 2.18. The summed E-state index contributed by atoms with van der Waals surface area (Å²) in [6.45, 7) is 5.47. The first-order valence-corrected chi connectivity index (χ1v) is 11.6. The first-order chi connectivity index (χ1) is 14.5. The number of nitrogens with zero attached hydrogens (tertiary/aromatic N) is 3. The minimum Gasteiger partial charge on any atom is -0.375 e. The summed E-state index contributed by atoms with van der Waals surface area (Å²) in [5.41, 5.74) is 1.11. The van der Waals surface area contributed by atoms with E-state index in [1.54, 1.807) is 30.4 Å². The van der Waals surface area contributed by atoms with Crippen LogP contribution in [0.4, 0.5) is 5.69 Å². The van der Waals surface area contributed by atoms with Crippen molar-refractivity contribution >= 4 is 11.8 Å². The maximum Gasteiger partial charge on any atom is 0.276 e. The molecule has 1 N–H and O–H groups in total. The van der Waals surface area contributed by atoms with Gasteiger partial charge in [0.15, 0.2) is 0 Å². The van der Waals surface area contributed by atoms with Crippen molar-refractivity contribution < 1.29 is 10.0 Å². The zero-order valence-electron chi connectivity index (χ0n) is 17.7. The van der Waals surface area contributed by atoms with Crippen molar-refractivity contribution in [2.75, 3.05) is 32.7 Å². The molecule has 4 aliphatic rings. The third-order valence-electron chi connectivity index (χ3n) is 8.20. The number of rotatable bonds is 6. The van der Waals surface area contributed by atoms with Crippen molar-refractivity contribution in [3.63, 3.8) is 0 Å². The molecule has 0 amide bonds. The van der Waals surface area contributed by atoms with Crippen LogP contribution in [-0.4, -0.2) is 58.8 Å². The maximum atomic E-state index is 11.2. The number of piperidine rings is 2. The number of nitro benzene ring substituents is 1. The van der Waals surface area contributed by atoms with Crippen molar-refractivity contribution in [3.05, 3.63) is 46.0 Å². The lowest BCUT2D eigenvalue weighted by molar-refractivity contribution is -0.385. The summed E-state index contributed by atoms with van der Waals surface area (Å²) in [6.07, 6.45) is 11.0. The smallest absolute Gasteiger partial charge is 0.276 e. The molecule has 2 saturated heterocycles. The third kappa shape index (κ3) is 3.81. The van der Waals surface area contributed by atoms with E-state index >= 15 is 0 Å². The number of nitro groups is 1. The van der Waals surface area contributed by atoms with Gasteiger partial charge in [-0.2, -0.15) is 0 Å². The van der Waals surface area contributed by atoms with E-state index in [1.165, 1.54) is 64.2 Å². The molecule has 1 spiro atoms. The van der Waals surface area contributed by atoms with E-state index in [9.17, 15) is 15.2 Å².